The van der Waals surface area contributed by atoms with E-state index in [0.717, 1.165) is 23.3 Å². The first-order valence-corrected chi connectivity index (χ1v) is 9.38. The Kier molecular flexibility index (Phi) is 6.09. The number of likely N-dealkylation sites (tertiary alicyclic amines) is 1. The van der Waals surface area contributed by atoms with Crippen LogP contribution in [0.5, 0.6) is 5.75 Å². The lowest BCUT2D eigenvalue weighted by Crippen LogP contribution is -2.29. The van der Waals surface area contributed by atoms with Crippen LogP contribution >= 0.6 is 0 Å². The second kappa shape index (κ2) is 8.69. The van der Waals surface area contributed by atoms with Crippen LogP contribution in [0.1, 0.15) is 53.7 Å². The lowest BCUT2D eigenvalue weighted by atomic mass is 10.0. The number of carbonyl (C=O) groups is 3. The third-order valence-corrected chi connectivity index (χ3v) is 4.94. The van der Waals surface area contributed by atoms with Crippen LogP contribution < -0.4 is 10.1 Å². The Balaban J connectivity index is 1.64. The van der Waals surface area contributed by atoms with E-state index in [1.807, 2.05) is 31.2 Å². The van der Waals surface area contributed by atoms with Crippen molar-refractivity contribution in [1.29, 1.82) is 0 Å². The van der Waals surface area contributed by atoms with Crippen molar-refractivity contribution in [3.8, 4) is 5.75 Å². The highest BCUT2D eigenvalue weighted by Crippen LogP contribution is 2.21. The monoisotopic (exact) mass is 380 g/mol. The first-order chi connectivity index (χ1) is 13.5. The Morgan fingerprint density at radius 3 is 2.18 bits per heavy atom. The van der Waals surface area contributed by atoms with E-state index < -0.39 is 0 Å². The van der Waals surface area contributed by atoms with Gasteiger partial charge in [0, 0.05) is 18.4 Å². The van der Waals surface area contributed by atoms with Crippen molar-refractivity contribution in [2.24, 2.45) is 0 Å². The molecule has 0 aromatic heterocycles. The predicted molar refractivity (Wildman–Crippen MR) is 105 cm³/mol. The number of amides is 3. The Labute approximate surface area is 164 Å². The Morgan fingerprint density at radius 2 is 1.64 bits per heavy atom. The summed E-state index contributed by atoms with van der Waals surface area (Å²) in [5.41, 5.74) is 2.37. The molecule has 1 aliphatic heterocycles. The highest BCUT2D eigenvalue weighted by atomic mass is 16.5. The number of benzene rings is 2. The summed E-state index contributed by atoms with van der Waals surface area (Å²) in [4.78, 5) is 37.3. The van der Waals surface area contributed by atoms with Gasteiger partial charge in [0.05, 0.1) is 19.7 Å². The molecule has 1 heterocycles. The molecule has 1 saturated heterocycles. The summed E-state index contributed by atoms with van der Waals surface area (Å²) in [5, 5.41) is 3.05. The van der Waals surface area contributed by atoms with Crippen LogP contribution in [0.15, 0.2) is 48.5 Å². The van der Waals surface area contributed by atoms with E-state index in [1.165, 1.54) is 4.90 Å². The van der Waals surface area contributed by atoms with Crippen molar-refractivity contribution in [1.82, 2.24) is 10.2 Å². The molecule has 1 fully saturated rings. The van der Waals surface area contributed by atoms with Crippen LogP contribution in [0.25, 0.3) is 0 Å². The van der Waals surface area contributed by atoms with Gasteiger partial charge in [-0.3, -0.25) is 19.3 Å². The van der Waals surface area contributed by atoms with Gasteiger partial charge in [0.2, 0.25) is 11.8 Å². The summed E-state index contributed by atoms with van der Waals surface area (Å²) in [7, 11) is 1.62. The van der Waals surface area contributed by atoms with Gasteiger partial charge in [-0.25, -0.2) is 0 Å². The summed E-state index contributed by atoms with van der Waals surface area (Å²) in [6.07, 6.45) is 1.32. The van der Waals surface area contributed by atoms with Crippen molar-refractivity contribution in [2.75, 3.05) is 7.11 Å². The zero-order chi connectivity index (χ0) is 20.1. The largest absolute Gasteiger partial charge is 0.497 e. The minimum atomic E-state index is -0.164. The molecule has 0 saturated carbocycles. The van der Waals surface area contributed by atoms with Gasteiger partial charge in [-0.2, -0.15) is 0 Å². The topological polar surface area (TPSA) is 75.7 Å². The highest BCUT2D eigenvalue weighted by Gasteiger charge is 2.28. The quantitative estimate of drug-likeness (QED) is 0.749. The summed E-state index contributed by atoms with van der Waals surface area (Å²) < 4.78 is 5.17. The lowest BCUT2D eigenvalue weighted by Gasteiger charge is -2.18. The van der Waals surface area contributed by atoms with E-state index in [2.05, 4.69) is 5.32 Å². The van der Waals surface area contributed by atoms with E-state index in [0.29, 0.717) is 5.56 Å². The second-order valence-corrected chi connectivity index (χ2v) is 6.78. The average Bonchev–Trinajstić information content (AvgIpc) is 3.04. The Morgan fingerprint density at radius 1 is 1.04 bits per heavy atom. The Hall–Kier alpha value is -3.15. The molecule has 146 valence electrons. The first kappa shape index (κ1) is 19.6. The molecule has 2 aromatic carbocycles. The molecule has 0 radical (unpaired) electrons. The average molecular weight is 380 g/mol. The maximum absolute atomic E-state index is 12.6. The molecule has 2 aromatic rings. The van der Waals surface area contributed by atoms with Gasteiger partial charge in [-0.05, 0) is 41.8 Å². The Bertz CT molecular complexity index is 843. The van der Waals surface area contributed by atoms with Crippen molar-refractivity contribution in [3.05, 3.63) is 65.2 Å². The number of hydrogen-bond acceptors (Lipinski definition) is 4. The van der Waals surface area contributed by atoms with Crippen molar-refractivity contribution >= 4 is 17.7 Å². The summed E-state index contributed by atoms with van der Waals surface area (Å²) in [6, 6.07) is 14.5. The molecule has 1 N–H and O–H groups in total. The number of imide groups is 1. The van der Waals surface area contributed by atoms with Gasteiger partial charge in [0.15, 0.2) is 0 Å². The number of rotatable bonds is 7. The fourth-order valence-corrected chi connectivity index (χ4v) is 3.24. The minimum absolute atomic E-state index is 0.0991. The van der Waals surface area contributed by atoms with Gasteiger partial charge in [0.1, 0.15) is 5.75 Å². The maximum atomic E-state index is 12.6. The molecular formula is C22H24N2O4. The van der Waals surface area contributed by atoms with Crippen LogP contribution in [-0.4, -0.2) is 29.7 Å². The van der Waals surface area contributed by atoms with Gasteiger partial charge < -0.3 is 10.1 Å². The van der Waals surface area contributed by atoms with Crippen molar-refractivity contribution in [3.63, 3.8) is 0 Å². The maximum Gasteiger partial charge on any atom is 0.251 e. The molecule has 28 heavy (non-hydrogen) atoms. The number of nitrogens with zero attached hydrogens (tertiary/aromatic N) is 1. The summed E-state index contributed by atoms with van der Waals surface area (Å²) >= 11 is 0. The van der Waals surface area contributed by atoms with Gasteiger partial charge in [0.25, 0.3) is 5.91 Å². The molecule has 6 nitrogen and oxygen atoms in total. The zero-order valence-electron chi connectivity index (χ0n) is 16.1. The minimum Gasteiger partial charge on any atom is -0.497 e. The molecule has 6 heteroatoms. The van der Waals surface area contributed by atoms with Crippen LogP contribution in [0, 0.1) is 0 Å². The number of nitrogens with one attached hydrogen (secondary N) is 1. The van der Waals surface area contributed by atoms with Crippen molar-refractivity contribution < 1.29 is 19.1 Å². The zero-order valence-corrected chi connectivity index (χ0v) is 16.1. The lowest BCUT2D eigenvalue weighted by molar-refractivity contribution is -0.139. The van der Waals surface area contributed by atoms with E-state index in [1.54, 1.807) is 31.4 Å². The third-order valence-electron chi connectivity index (χ3n) is 4.94. The van der Waals surface area contributed by atoms with E-state index in [-0.39, 0.29) is 43.1 Å². The SMILES string of the molecule is CCC(NC(=O)c1ccc(CN2C(=O)CCC2=O)cc1)c1ccc(OC)cc1. The van der Waals surface area contributed by atoms with Crippen LogP contribution in [0.4, 0.5) is 0 Å². The first-order valence-electron chi connectivity index (χ1n) is 9.38. The van der Waals surface area contributed by atoms with Crippen LogP contribution in [0.2, 0.25) is 0 Å². The van der Waals surface area contributed by atoms with E-state index in [4.69, 9.17) is 4.74 Å². The van der Waals surface area contributed by atoms with Crippen LogP contribution in [-0.2, 0) is 16.1 Å². The molecule has 3 amide bonds. The number of methoxy groups -OCH3 is 1. The number of carbonyl (C=O) groups excluding carboxylic acids is 3. The fraction of sp³-hybridized carbons (Fsp3) is 0.318. The smallest absolute Gasteiger partial charge is 0.251 e. The standard InChI is InChI=1S/C22H24N2O4/c1-3-19(16-8-10-18(28-2)11-9-16)23-22(27)17-6-4-15(5-7-17)14-24-20(25)12-13-21(24)26/h4-11,19H,3,12-14H2,1-2H3,(H,23,27). The number of hydrogen-bond donors (Lipinski definition) is 1. The molecular weight excluding hydrogens is 356 g/mol. The third kappa shape index (κ3) is 4.39. The second-order valence-electron chi connectivity index (χ2n) is 6.78. The van der Waals surface area contributed by atoms with Crippen molar-refractivity contribution in [2.45, 2.75) is 38.8 Å². The van der Waals surface area contributed by atoms with E-state index in [9.17, 15) is 14.4 Å². The van der Waals surface area contributed by atoms with Gasteiger partial charge in [-0.1, -0.05) is 31.2 Å². The van der Waals surface area contributed by atoms with Gasteiger partial charge >= 0.3 is 0 Å². The van der Waals surface area contributed by atoms with E-state index >= 15 is 0 Å². The predicted octanol–water partition coefficient (Wildman–Crippen LogP) is 3.23. The molecule has 0 aliphatic carbocycles. The molecule has 0 spiro atoms. The number of ether oxygens (including phenoxy) is 1. The molecule has 3 rings (SSSR count). The molecule has 1 aliphatic rings. The normalized spacial score (nSPS) is 14.9. The van der Waals surface area contributed by atoms with Crippen LogP contribution in [0.3, 0.4) is 0 Å². The summed E-state index contributed by atoms with van der Waals surface area (Å²) in [6.45, 7) is 2.27. The molecule has 1 atom stereocenters. The summed E-state index contributed by atoms with van der Waals surface area (Å²) in [5.74, 6) is 0.326. The highest BCUT2D eigenvalue weighted by molar-refractivity contribution is 6.01. The fourth-order valence-electron chi connectivity index (χ4n) is 3.24. The molecule has 0 bridgehead atoms. The van der Waals surface area contributed by atoms with Gasteiger partial charge in [-0.15, -0.1) is 0 Å². The molecule has 1 unspecified atom stereocenters.